The smallest absolute Gasteiger partial charge is 0.376 e. The van der Waals surface area contributed by atoms with E-state index in [9.17, 15) is 43.2 Å². The van der Waals surface area contributed by atoms with Crippen LogP contribution in [0.5, 0.6) is 11.5 Å². The Labute approximate surface area is 215 Å². The van der Waals surface area contributed by atoms with E-state index < -0.39 is 42.8 Å². The maximum atomic E-state index is 12.6. The van der Waals surface area contributed by atoms with Crippen LogP contribution in [0.2, 0.25) is 0 Å². The molecule has 2 aromatic rings. The van der Waals surface area contributed by atoms with Gasteiger partial charge in [0.15, 0.2) is 0 Å². The predicted molar refractivity (Wildman–Crippen MR) is 122 cm³/mol. The van der Waals surface area contributed by atoms with Gasteiger partial charge in [-0.05, 0) is 96.6 Å². The van der Waals surface area contributed by atoms with Crippen LogP contribution in [0.3, 0.4) is 0 Å². The van der Waals surface area contributed by atoms with Gasteiger partial charge in [0.25, 0.3) is 0 Å². The highest BCUT2D eigenvalue weighted by molar-refractivity contribution is 7.88. The summed E-state index contributed by atoms with van der Waals surface area (Å²) in [6, 6.07) is 11.3. The number of alkyl halides is 6. The monoisotopic (exact) mass is 584 g/mol. The Morgan fingerprint density at radius 3 is 1.50 bits per heavy atom. The van der Waals surface area contributed by atoms with Gasteiger partial charge in [0.05, 0.1) is 0 Å². The Morgan fingerprint density at radius 2 is 1.08 bits per heavy atom. The van der Waals surface area contributed by atoms with Crippen molar-refractivity contribution in [1.29, 1.82) is 0 Å². The Kier molecular flexibility index (Phi) is 6.25. The van der Waals surface area contributed by atoms with E-state index in [1.807, 2.05) is 0 Å². The first kappa shape index (κ1) is 27.1. The van der Waals surface area contributed by atoms with Crippen LogP contribution < -0.4 is 8.37 Å². The van der Waals surface area contributed by atoms with Gasteiger partial charge in [-0.2, -0.15) is 43.2 Å². The van der Waals surface area contributed by atoms with Gasteiger partial charge in [-0.1, -0.05) is 24.3 Å². The molecule has 0 aromatic heterocycles. The fraction of sp³-hybridized carbons (Fsp3) is 0.500. The molecular weight excluding hydrogens is 562 g/mol. The maximum absolute atomic E-state index is 12.6. The molecule has 4 aliphatic rings. The molecule has 4 bridgehead atoms. The Bertz CT molecular complexity index is 1400. The summed E-state index contributed by atoms with van der Waals surface area (Å²) in [5.74, 6) is 0.184. The van der Waals surface area contributed by atoms with E-state index in [-0.39, 0.29) is 23.2 Å². The molecule has 0 spiro atoms. The summed E-state index contributed by atoms with van der Waals surface area (Å²) in [5.41, 5.74) is -9.51. The number of halogens is 6. The molecule has 6 nitrogen and oxygen atoms in total. The SMILES string of the molecule is O=S(=O)(Oc1ccc(C2C3CC4CC2CC(c2ccc(OS(=O)(=O)C(F)(F)F)cc2)(C4)C3)cc1)C(F)(F)F. The van der Waals surface area contributed by atoms with Crippen LogP contribution in [0.1, 0.15) is 49.1 Å². The first-order valence-electron chi connectivity index (χ1n) is 11.7. The van der Waals surface area contributed by atoms with Gasteiger partial charge in [0.2, 0.25) is 0 Å². The molecule has 0 aliphatic heterocycles. The van der Waals surface area contributed by atoms with Crippen LogP contribution in [-0.2, 0) is 25.7 Å². The van der Waals surface area contributed by atoms with Crippen molar-refractivity contribution in [2.75, 3.05) is 0 Å². The third-order valence-corrected chi connectivity index (χ3v) is 9.94. The van der Waals surface area contributed by atoms with E-state index in [4.69, 9.17) is 0 Å². The second-order valence-electron chi connectivity index (χ2n) is 10.3. The lowest BCUT2D eigenvalue weighted by molar-refractivity contribution is -0.0505. The van der Waals surface area contributed by atoms with Gasteiger partial charge in [-0.15, -0.1) is 0 Å². The van der Waals surface area contributed by atoms with Gasteiger partial charge < -0.3 is 8.37 Å². The Hall–Kier alpha value is -2.48. The predicted octanol–water partition coefficient (Wildman–Crippen LogP) is 6.00. The van der Waals surface area contributed by atoms with E-state index in [1.54, 1.807) is 24.3 Å². The summed E-state index contributed by atoms with van der Waals surface area (Å²) in [4.78, 5) is 0. The zero-order chi connectivity index (χ0) is 27.7. The van der Waals surface area contributed by atoms with Crippen molar-refractivity contribution in [3.63, 3.8) is 0 Å². The van der Waals surface area contributed by atoms with Crippen LogP contribution in [0.15, 0.2) is 48.5 Å². The topological polar surface area (TPSA) is 86.7 Å². The average molecular weight is 585 g/mol. The van der Waals surface area contributed by atoms with Crippen molar-refractivity contribution in [1.82, 2.24) is 0 Å². The molecule has 2 atom stereocenters. The zero-order valence-corrected chi connectivity index (χ0v) is 21.1. The largest absolute Gasteiger partial charge is 0.534 e. The highest BCUT2D eigenvalue weighted by Gasteiger charge is 2.56. The standard InChI is InChI=1S/C24H22F6O6S2/c25-23(26,27)37(31,32)35-19-5-1-15(2-6-19)21-16-9-14-10-17(21)13-22(11-14,12-16)18-3-7-20(8-4-18)36-38(33,34)24(28,29)30/h1-8,14,16-17,21H,9-13H2. The summed E-state index contributed by atoms with van der Waals surface area (Å²) < 4.78 is 129. The van der Waals surface area contributed by atoms with Crippen molar-refractivity contribution >= 4 is 20.2 Å². The lowest BCUT2D eigenvalue weighted by Crippen LogP contribution is -2.52. The van der Waals surface area contributed by atoms with Crippen molar-refractivity contribution in [2.24, 2.45) is 17.8 Å². The molecule has 0 heterocycles. The molecule has 2 unspecified atom stereocenters. The third kappa shape index (κ3) is 4.74. The first-order chi connectivity index (χ1) is 17.5. The normalized spacial score (nSPS) is 29.3. The average Bonchev–Trinajstić information content (AvgIpc) is 2.78. The molecule has 0 saturated heterocycles. The van der Waals surface area contributed by atoms with E-state index in [0.29, 0.717) is 5.92 Å². The summed E-state index contributed by atoms with van der Waals surface area (Å²) in [6.07, 6.45) is 4.37. The van der Waals surface area contributed by atoms with Crippen LogP contribution in [-0.4, -0.2) is 27.9 Å². The molecule has 38 heavy (non-hydrogen) atoms. The summed E-state index contributed by atoms with van der Waals surface area (Å²) in [5, 5.41) is 0. The molecular formula is C24H22F6O6S2. The van der Waals surface area contributed by atoms with Crippen molar-refractivity contribution in [2.45, 2.75) is 54.5 Å². The first-order valence-corrected chi connectivity index (χ1v) is 14.5. The minimum absolute atomic E-state index is 0.118. The van der Waals surface area contributed by atoms with Crippen molar-refractivity contribution in [3.8, 4) is 11.5 Å². The number of hydrogen-bond acceptors (Lipinski definition) is 6. The van der Waals surface area contributed by atoms with Crippen LogP contribution in [0, 0.1) is 17.8 Å². The quantitative estimate of drug-likeness (QED) is 0.235. The summed E-state index contributed by atoms with van der Waals surface area (Å²) in [6.45, 7) is 0. The molecule has 14 heteroatoms. The number of rotatable bonds is 6. The molecule has 6 rings (SSSR count). The molecule has 0 amide bonds. The fourth-order valence-corrected chi connectivity index (χ4v) is 7.80. The zero-order valence-electron chi connectivity index (χ0n) is 19.5. The summed E-state index contributed by atoms with van der Waals surface area (Å²) in [7, 11) is -11.5. The second-order valence-corrected chi connectivity index (χ2v) is 13.4. The van der Waals surface area contributed by atoms with Gasteiger partial charge in [-0.25, -0.2) is 0 Å². The lowest BCUT2D eigenvalue weighted by Gasteiger charge is -2.60. The molecule has 0 N–H and O–H groups in total. The lowest BCUT2D eigenvalue weighted by atomic mass is 9.44. The molecule has 4 saturated carbocycles. The minimum Gasteiger partial charge on any atom is -0.376 e. The molecule has 2 aromatic carbocycles. The Balaban J connectivity index is 1.33. The molecule has 4 fully saturated rings. The maximum Gasteiger partial charge on any atom is 0.534 e. The van der Waals surface area contributed by atoms with Crippen LogP contribution in [0.4, 0.5) is 26.3 Å². The highest BCUT2D eigenvalue weighted by atomic mass is 32.2. The highest BCUT2D eigenvalue weighted by Crippen LogP contribution is 2.65. The van der Waals surface area contributed by atoms with E-state index in [2.05, 4.69) is 8.37 Å². The summed E-state index contributed by atoms with van der Waals surface area (Å²) >= 11 is 0. The minimum atomic E-state index is -5.77. The van der Waals surface area contributed by atoms with Gasteiger partial charge >= 0.3 is 31.3 Å². The number of benzene rings is 2. The van der Waals surface area contributed by atoms with Crippen LogP contribution in [0.25, 0.3) is 0 Å². The molecule has 208 valence electrons. The molecule has 4 aliphatic carbocycles. The van der Waals surface area contributed by atoms with Gasteiger partial charge in [0, 0.05) is 0 Å². The van der Waals surface area contributed by atoms with Gasteiger partial charge in [0.1, 0.15) is 11.5 Å². The second kappa shape index (κ2) is 8.77. The van der Waals surface area contributed by atoms with E-state index in [1.165, 1.54) is 24.3 Å². The van der Waals surface area contributed by atoms with Crippen molar-refractivity contribution < 1.29 is 51.5 Å². The van der Waals surface area contributed by atoms with E-state index in [0.717, 1.165) is 43.2 Å². The van der Waals surface area contributed by atoms with Crippen LogP contribution >= 0.6 is 0 Å². The van der Waals surface area contributed by atoms with E-state index >= 15 is 0 Å². The fourth-order valence-electron chi connectivity index (χ4n) is 6.88. The number of hydrogen-bond donors (Lipinski definition) is 0. The molecule has 0 radical (unpaired) electrons. The van der Waals surface area contributed by atoms with Crippen molar-refractivity contribution in [3.05, 3.63) is 59.7 Å². The third-order valence-electron chi connectivity index (χ3n) is 7.98. The Morgan fingerprint density at radius 1 is 0.658 bits per heavy atom. The van der Waals surface area contributed by atoms with Gasteiger partial charge in [-0.3, -0.25) is 0 Å².